The zero-order valence-corrected chi connectivity index (χ0v) is 11.6. The van der Waals surface area contributed by atoms with Crippen LogP contribution in [0.5, 0.6) is 0 Å². The summed E-state index contributed by atoms with van der Waals surface area (Å²) in [6, 6.07) is 4.32. The molecular formula is C14H22N4O. The van der Waals surface area contributed by atoms with Crippen molar-refractivity contribution >= 4 is 5.84 Å². The highest BCUT2D eigenvalue weighted by molar-refractivity contribution is 5.94. The summed E-state index contributed by atoms with van der Waals surface area (Å²) in [5.41, 5.74) is 7.20. The minimum Gasteiger partial charge on any atom is -0.382 e. The molecule has 2 rings (SSSR count). The lowest BCUT2D eigenvalue weighted by molar-refractivity contribution is -0.0592. The molecule has 1 aromatic rings. The van der Waals surface area contributed by atoms with Gasteiger partial charge in [-0.3, -0.25) is 15.3 Å². The van der Waals surface area contributed by atoms with Crippen LogP contribution in [0.25, 0.3) is 0 Å². The van der Waals surface area contributed by atoms with Gasteiger partial charge in [0.05, 0.1) is 12.7 Å². The van der Waals surface area contributed by atoms with E-state index < -0.39 is 0 Å². The Morgan fingerprint density at radius 1 is 1.63 bits per heavy atom. The Balaban J connectivity index is 2.17. The summed E-state index contributed by atoms with van der Waals surface area (Å²) in [6.45, 7) is 6.72. The largest absolute Gasteiger partial charge is 0.382 e. The summed E-state index contributed by atoms with van der Waals surface area (Å²) >= 11 is 0. The lowest BCUT2D eigenvalue weighted by Crippen LogP contribution is -2.48. The molecule has 2 atom stereocenters. The second kappa shape index (κ2) is 6.12. The second-order valence-corrected chi connectivity index (χ2v) is 5.06. The Bertz CT molecular complexity index is 449. The quantitative estimate of drug-likeness (QED) is 0.634. The molecule has 104 valence electrons. The van der Waals surface area contributed by atoms with Crippen LogP contribution in [0.2, 0.25) is 0 Å². The van der Waals surface area contributed by atoms with Gasteiger partial charge in [0.1, 0.15) is 11.5 Å². The Hall–Kier alpha value is -1.46. The Morgan fingerprint density at radius 2 is 2.42 bits per heavy atom. The van der Waals surface area contributed by atoms with E-state index in [9.17, 15) is 0 Å². The third-order valence-corrected chi connectivity index (χ3v) is 3.57. The molecule has 5 nitrogen and oxygen atoms in total. The smallest absolute Gasteiger partial charge is 0.142 e. The number of nitrogens with one attached hydrogen (secondary N) is 1. The number of nitrogens with zero attached hydrogens (tertiary/aromatic N) is 2. The number of hydrogen-bond acceptors (Lipinski definition) is 4. The van der Waals surface area contributed by atoms with Crippen molar-refractivity contribution in [1.29, 1.82) is 5.41 Å². The summed E-state index contributed by atoms with van der Waals surface area (Å²) in [6.07, 6.45) is 2.99. The van der Waals surface area contributed by atoms with Gasteiger partial charge in [0, 0.05) is 25.3 Å². The van der Waals surface area contributed by atoms with Gasteiger partial charge in [-0.2, -0.15) is 0 Å². The average molecular weight is 262 g/mol. The first-order chi connectivity index (χ1) is 9.11. The van der Waals surface area contributed by atoms with Crippen LogP contribution in [-0.2, 0) is 11.3 Å². The molecule has 0 saturated carbocycles. The van der Waals surface area contributed by atoms with Gasteiger partial charge in [0.2, 0.25) is 0 Å². The van der Waals surface area contributed by atoms with Gasteiger partial charge in [0.15, 0.2) is 0 Å². The summed E-state index contributed by atoms with van der Waals surface area (Å²) in [5, 5.41) is 7.60. The average Bonchev–Trinajstić information content (AvgIpc) is 2.39. The molecule has 2 heterocycles. The highest BCUT2D eigenvalue weighted by atomic mass is 16.5. The lowest BCUT2D eigenvalue weighted by atomic mass is 10.1. The minimum absolute atomic E-state index is 0.0324. The molecule has 3 N–H and O–H groups in total. The van der Waals surface area contributed by atoms with E-state index in [2.05, 4.69) is 23.7 Å². The van der Waals surface area contributed by atoms with Gasteiger partial charge in [-0.25, -0.2) is 0 Å². The maximum Gasteiger partial charge on any atom is 0.142 e. The number of nitrogen functional groups attached to an aromatic ring is 1. The lowest BCUT2D eigenvalue weighted by Gasteiger charge is -2.38. The normalized spacial score (nSPS) is 24.3. The van der Waals surface area contributed by atoms with Crippen LogP contribution in [0, 0.1) is 5.41 Å². The third-order valence-electron chi connectivity index (χ3n) is 3.57. The fraction of sp³-hybridized carbons (Fsp3) is 0.571. The Kier molecular flexibility index (Phi) is 4.50. The molecule has 0 radical (unpaired) electrons. The molecule has 1 fully saturated rings. The van der Waals surface area contributed by atoms with Gasteiger partial charge in [0.25, 0.3) is 0 Å². The van der Waals surface area contributed by atoms with E-state index in [1.807, 2.05) is 12.1 Å². The number of morpholine rings is 1. The molecule has 1 aromatic heterocycles. The van der Waals surface area contributed by atoms with Crippen molar-refractivity contribution in [3.05, 3.63) is 29.6 Å². The van der Waals surface area contributed by atoms with Crippen molar-refractivity contribution in [3.63, 3.8) is 0 Å². The van der Waals surface area contributed by atoms with E-state index in [1.54, 1.807) is 6.20 Å². The minimum atomic E-state index is 0.0324. The van der Waals surface area contributed by atoms with Crippen molar-refractivity contribution in [1.82, 2.24) is 9.88 Å². The second-order valence-electron chi connectivity index (χ2n) is 5.06. The first kappa shape index (κ1) is 14.0. The van der Waals surface area contributed by atoms with Crippen LogP contribution in [-0.4, -0.2) is 41.0 Å². The first-order valence-electron chi connectivity index (χ1n) is 6.75. The van der Waals surface area contributed by atoms with Gasteiger partial charge in [-0.15, -0.1) is 0 Å². The monoisotopic (exact) mass is 262 g/mol. The topological polar surface area (TPSA) is 75.2 Å². The van der Waals surface area contributed by atoms with Crippen LogP contribution in [0.1, 0.15) is 31.5 Å². The highest BCUT2D eigenvalue weighted by Gasteiger charge is 2.26. The number of rotatable bonds is 4. The fourth-order valence-corrected chi connectivity index (χ4v) is 2.51. The van der Waals surface area contributed by atoms with Crippen molar-refractivity contribution in [2.75, 3.05) is 13.2 Å². The predicted molar refractivity (Wildman–Crippen MR) is 75.2 cm³/mol. The number of amidine groups is 1. The SMILES string of the molecule is CCC1COC(C)CN1Cc1cccnc1C(=N)N. The molecule has 19 heavy (non-hydrogen) atoms. The molecule has 1 aliphatic heterocycles. The molecule has 0 bridgehead atoms. The third kappa shape index (κ3) is 3.30. The maximum absolute atomic E-state index is 7.60. The van der Waals surface area contributed by atoms with Crippen molar-refractivity contribution in [2.45, 2.75) is 39.0 Å². The molecule has 5 heteroatoms. The van der Waals surface area contributed by atoms with Gasteiger partial charge >= 0.3 is 0 Å². The van der Waals surface area contributed by atoms with Crippen LogP contribution in [0.4, 0.5) is 0 Å². The predicted octanol–water partition coefficient (Wildman–Crippen LogP) is 1.36. The molecule has 0 amide bonds. The van der Waals surface area contributed by atoms with Crippen molar-refractivity contribution < 1.29 is 4.74 Å². The number of aromatic nitrogens is 1. The first-order valence-corrected chi connectivity index (χ1v) is 6.75. The summed E-state index contributed by atoms with van der Waals surface area (Å²) in [4.78, 5) is 6.61. The van der Waals surface area contributed by atoms with Crippen molar-refractivity contribution in [3.8, 4) is 0 Å². The number of nitrogens with two attached hydrogens (primary N) is 1. The van der Waals surface area contributed by atoms with E-state index in [0.717, 1.165) is 31.7 Å². The fourth-order valence-electron chi connectivity index (χ4n) is 2.51. The molecule has 0 spiro atoms. The van der Waals surface area contributed by atoms with E-state index in [4.69, 9.17) is 15.9 Å². The van der Waals surface area contributed by atoms with Crippen LogP contribution < -0.4 is 5.73 Å². The number of pyridine rings is 1. The number of ether oxygens (including phenoxy) is 1. The molecule has 1 saturated heterocycles. The molecule has 0 aromatic carbocycles. The van der Waals surface area contributed by atoms with Gasteiger partial charge in [-0.05, 0) is 25.0 Å². The molecular weight excluding hydrogens is 240 g/mol. The van der Waals surface area contributed by atoms with Gasteiger partial charge in [-0.1, -0.05) is 13.0 Å². The Labute approximate surface area is 114 Å². The summed E-state index contributed by atoms with van der Waals surface area (Å²) in [5.74, 6) is 0.0324. The van der Waals surface area contributed by atoms with E-state index >= 15 is 0 Å². The van der Waals surface area contributed by atoms with Gasteiger partial charge < -0.3 is 10.5 Å². The van der Waals surface area contributed by atoms with Crippen molar-refractivity contribution in [2.24, 2.45) is 5.73 Å². The maximum atomic E-state index is 7.60. The van der Waals surface area contributed by atoms with E-state index in [0.29, 0.717) is 11.7 Å². The zero-order chi connectivity index (χ0) is 13.8. The number of hydrogen-bond donors (Lipinski definition) is 2. The molecule has 0 aliphatic carbocycles. The van der Waals surface area contributed by atoms with Crippen LogP contribution >= 0.6 is 0 Å². The highest BCUT2D eigenvalue weighted by Crippen LogP contribution is 2.18. The van der Waals surface area contributed by atoms with E-state index in [1.165, 1.54) is 0 Å². The standard InChI is InChI=1S/C14H22N4O/c1-3-12-9-19-10(2)7-18(12)8-11-5-4-6-17-13(11)14(15)16/h4-6,10,12H,3,7-9H2,1-2H3,(H3,15,16). The zero-order valence-electron chi connectivity index (χ0n) is 11.6. The molecule has 2 unspecified atom stereocenters. The van der Waals surface area contributed by atoms with Crippen LogP contribution in [0.15, 0.2) is 18.3 Å². The summed E-state index contributed by atoms with van der Waals surface area (Å²) in [7, 11) is 0. The summed E-state index contributed by atoms with van der Waals surface area (Å²) < 4.78 is 5.70. The Morgan fingerprint density at radius 3 is 3.11 bits per heavy atom. The van der Waals surface area contributed by atoms with E-state index in [-0.39, 0.29) is 11.9 Å². The van der Waals surface area contributed by atoms with Crippen LogP contribution in [0.3, 0.4) is 0 Å². The molecule has 1 aliphatic rings.